The van der Waals surface area contributed by atoms with Crippen LogP contribution in [-0.2, 0) is 0 Å². The molecular formula is C14H20N2O2. The molecule has 18 heavy (non-hydrogen) atoms. The second kappa shape index (κ2) is 5.04. The van der Waals surface area contributed by atoms with E-state index in [1.165, 1.54) is 7.11 Å². The fraction of sp³-hybridized carbons (Fsp3) is 0.643. The summed E-state index contributed by atoms with van der Waals surface area (Å²) in [5.41, 5.74) is 0.744. The summed E-state index contributed by atoms with van der Waals surface area (Å²) in [6.07, 6.45) is 7.14. The fourth-order valence-corrected chi connectivity index (χ4v) is 2.50. The number of methoxy groups -OCH3 is 1. The lowest BCUT2D eigenvalue weighted by Crippen LogP contribution is -2.27. The van der Waals surface area contributed by atoms with E-state index in [0.29, 0.717) is 17.0 Å². The van der Waals surface area contributed by atoms with Crippen molar-refractivity contribution < 1.29 is 9.53 Å². The number of carbonyl (C=O) groups is 1. The predicted octanol–water partition coefficient (Wildman–Crippen LogP) is 2.88. The number of rotatable bonds is 3. The molecule has 0 amide bonds. The number of hydrogen-bond acceptors (Lipinski definition) is 4. The minimum absolute atomic E-state index is 0.0728. The van der Waals surface area contributed by atoms with Crippen LogP contribution in [0.5, 0.6) is 5.88 Å². The van der Waals surface area contributed by atoms with Crippen LogP contribution in [0.1, 0.15) is 50.0 Å². The molecular weight excluding hydrogens is 228 g/mol. The van der Waals surface area contributed by atoms with Crippen LogP contribution in [-0.4, -0.2) is 22.9 Å². The van der Waals surface area contributed by atoms with Gasteiger partial charge in [-0.1, -0.05) is 13.8 Å². The first-order chi connectivity index (χ1) is 8.53. The first kappa shape index (κ1) is 13.0. The van der Waals surface area contributed by atoms with Crippen molar-refractivity contribution >= 4 is 5.78 Å². The Morgan fingerprint density at radius 3 is 2.50 bits per heavy atom. The van der Waals surface area contributed by atoms with Crippen molar-refractivity contribution in [2.24, 2.45) is 11.3 Å². The number of nitrogens with zero attached hydrogens (tertiary/aromatic N) is 2. The van der Waals surface area contributed by atoms with Gasteiger partial charge in [-0.05, 0) is 31.1 Å². The maximum Gasteiger partial charge on any atom is 0.243 e. The van der Waals surface area contributed by atoms with Gasteiger partial charge in [0.1, 0.15) is 0 Å². The van der Waals surface area contributed by atoms with E-state index in [0.717, 1.165) is 25.7 Å². The van der Waals surface area contributed by atoms with E-state index in [1.54, 1.807) is 12.4 Å². The monoisotopic (exact) mass is 248 g/mol. The lowest BCUT2D eigenvalue weighted by molar-refractivity contribution is 0.0828. The first-order valence-corrected chi connectivity index (χ1v) is 6.43. The quantitative estimate of drug-likeness (QED) is 0.772. The second-order valence-corrected chi connectivity index (χ2v) is 5.72. The van der Waals surface area contributed by atoms with E-state index in [4.69, 9.17) is 4.74 Å². The molecule has 1 aromatic heterocycles. The Hall–Kier alpha value is -1.45. The molecule has 1 fully saturated rings. The molecule has 0 aromatic carbocycles. The van der Waals surface area contributed by atoms with E-state index >= 15 is 0 Å². The lowest BCUT2D eigenvalue weighted by atomic mass is 9.72. The van der Waals surface area contributed by atoms with Crippen LogP contribution in [0.25, 0.3) is 0 Å². The third kappa shape index (κ3) is 2.68. The molecule has 0 saturated heterocycles. The zero-order valence-electron chi connectivity index (χ0n) is 11.3. The third-order valence-electron chi connectivity index (χ3n) is 3.80. The zero-order chi connectivity index (χ0) is 13.2. The molecule has 0 radical (unpaired) electrons. The molecule has 0 N–H and O–H groups in total. The predicted molar refractivity (Wildman–Crippen MR) is 68.7 cm³/mol. The minimum atomic E-state index is 0.0728. The summed E-state index contributed by atoms with van der Waals surface area (Å²) in [4.78, 5) is 20.6. The van der Waals surface area contributed by atoms with Gasteiger partial charge < -0.3 is 4.74 Å². The van der Waals surface area contributed by atoms with Crippen molar-refractivity contribution in [3.63, 3.8) is 0 Å². The van der Waals surface area contributed by atoms with Crippen molar-refractivity contribution in [2.75, 3.05) is 7.11 Å². The molecule has 2 rings (SSSR count). The van der Waals surface area contributed by atoms with Crippen molar-refractivity contribution in [2.45, 2.75) is 39.5 Å². The lowest BCUT2D eigenvalue weighted by Gasteiger charge is -2.33. The Labute approximate surface area is 108 Å². The highest BCUT2D eigenvalue weighted by atomic mass is 16.5. The second-order valence-electron chi connectivity index (χ2n) is 5.72. The highest BCUT2D eigenvalue weighted by Crippen LogP contribution is 2.39. The maximum absolute atomic E-state index is 12.4. The van der Waals surface area contributed by atoms with Gasteiger partial charge in [-0.15, -0.1) is 0 Å². The van der Waals surface area contributed by atoms with E-state index in [9.17, 15) is 4.79 Å². The van der Waals surface area contributed by atoms with Crippen LogP contribution >= 0.6 is 0 Å². The Morgan fingerprint density at radius 1 is 1.28 bits per heavy atom. The topological polar surface area (TPSA) is 52.1 Å². The summed E-state index contributed by atoms with van der Waals surface area (Å²) in [5, 5.41) is 0. The van der Waals surface area contributed by atoms with Crippen molar-refractivity contribution in [3.8, 4) is 5.88 Å². The molecule has 1 heterocycles. The number of ether oxygens (including phenoxy) is 1. The third-order valence-corrected chi connectivity index (χ3v) is 3.80. The molecule has 1 aliphatic carbocycles. The number of carbonyl (C=O) groups excluding carboxylic acids is 1. The summed E-state index contributed by atoms with van der Waals surface area (Å²) in [6, 6.07) is 0. The van der Waals surface area contributed by atoms with E-state index < -0.39 is 0 Å². The Morgan fingerprint density at radius 2 is 1.89 bits per heavy atom. The van der Waals surface area contributed by atoms with Gasteiger partial charge in [0.2, 0.25) is 5.88 Å². The molecule has 0 unspecified atom stereocenters. The van der Waals surface area contributed by atoms with Gasteiger partial charge in [0.05, 0.1) is 7.11 Å². The average molecular weight is 248 g/mol. The van der Waals surface area contributed by atoms with E-state index in [1.807, 2.05) is 0 Å². The van der Waals surface area contributed by atoms with E-state index in [2.05, 4.69) is 23.8 Å². The van der Waals surface area contributed by atoms with Gasteiger partial charge >= 0.3 is 0 Å². The van der Waals surface area contributed by atoms with Gasteiger partial charge in [-0.25, -0.2) is 9.97 Å². The number of ketones is 1. The molecule has 1 aromatic rings. The van der Waals surface area contributed by atoms with Crippen LogP contribution in [0, 0.1) is 11.3 Å². The maximum atomic E-state index is 12.4. The molecule has 1 aliphatic rings. The van der Waals surface area contributed by atoms with Gasteiger partial charge in [0.25, 0.3) is 0 Å². The van der Waals surface area contributed by atoms with Crippen LogP contribution in [0.15, 0.2) is 12.4 Å². The first-order valence-electron chi connectivity index (χ1n) is 6.43. The van der Waals surface area contributed by atoms with Crippen LogP contribution in [0.3, 0.4) is 0 Å². The molecule has 1 saturated carbocycles. The largest absolute Gasteiger partial charge is 0.479 e. The summed E-state index contributed by atoms with van der Waals surface area (Å²) >= 11 is 0. The SMILES string of the molecule is COc1nccnc1C(=O)C1CCC(C)(C)CC1. The molecule has 4 nitrogen and oxygen atoms in total. The van der Waals surface area contributed by atoms with Gasteiger partial charge in [0, 0.05) is 18.3 Å². The fourth-order valence-electron chi connectivity index (χ4n) is 2.50. The van der Waals surface area contributed by atoms with Crippen LogP contribution in [0.2, 0.25) is 0 Å². The number of Topliss-reactive ketones (excluding diaryl/α,β-unsaturated/α-hetero) is 1. The minimum Gasteiger partial charge on any atom is -0.479 e. The summed E-state index contributed by atoms with van der Waals surface area (Å²) in [6.45, 7) is 4.52. The van der Waals surface area contributed by atoms with Crippen molar-refractivity contribution in [1.29, 1.82) is 0 Å². The molecule has 0 spiro atoms. The van der Waals surface area contributed by atoms with Crippen LogP contribution < -0.4 is 4.74 Å². The number of aromatic nitrogens is 2. The highest BCUT2D eigenvalue weighted by molar-refractivity contribution is 5.98. The average Bonchev–Trinajstić information content (AvgIpc) is 2.38. The van der Waals surface area contributed by atoms with E-state index in [-0.39, 0.29) is 11.7 Å². The summed E-state index contributed by atoms with van der Waals surface area (Å²) in [5.74, 6) is 0.492. The molecule has 0 aliphatic heterocycles. The molecule has 0 bridgehead atoms. The van der Waals surface area contributed by atoms with Crippen molar-refractivity contribution in [1.82, 2.24) is 9.97 Å². The zero-order valence-corrected chi connectivity index (χ0v) is 11.3. The van der Waals surface area contributed by atoms with Gasteiger partial charge in [-0.2, -0.15) is 0 Å². The van der Waals surface area contributed by atoms with Gasteiger partial charge in [0.15, 0.2) is 11.5 Å². The Kier molecular flexibility index (Phi) is 3.64. The molecule has 4 heteroatoms. The summed E-state index contributed by atoms with van der Waals surface area (Å²) < 4.78 is 5.10. The Balaban J connectivity index is 2.13. The normalized spacial score (nSPS) is 19.5. The smallest absolute Gasteiger partial charge is 0.243 e. The molecule has 0 atom stereocenters. The number of hydrogen-bond donors (Lipinski definition) is 0. The van der Waals surface area contributed by atoms with Gasteiger partial charge in [-0.3, -0.25) is 4.79 Å². The Bertz CT molecular complexity index is 433. The standard InChI is InChI=1S/C14H20N2O2/c1-14(2)6-4-10(5-7-14)12(17)11-13(18-3)16-9-8-15-11/h8-10H,4-7H2,1-3H3. The van der Waals surface area contributed by atoms with Crippen molar-refractivity contribution in [3.05, 3.63) is 18.1 Å². The van der Waals surface area contributed by atoms with Crippen LogP contribution in [0.4, 0.5) is 0 Å². The summed E-state index contributed by atoms with van der Waals surface area (Å²) in [7, 11) is 1.52. The highest BCUT2D eigenvalue weighted by Gasteiger charge is 2.32. The molecule has 98 valence electrons.